The minimum atomic E-state index is -0.738. The predicted octanol–water partition coefficient (Wildman–Crippen LogP) is 5.33. The first-order valence-corrected chi connectivity index (χ1v) is 22.0. The SMILES string of the molecule is CC1(N2CCC(N3C(=O)N[C@@H]4CCCC[C@H]43)CC2)CCNC1.CCOC(=O)Cl.CCOC(=O)N1CCC(C)(N2CCC(N3C(=O)N[C@@H]4CCCC[C@H]43)CC2)C1. The van der Waals surface area contributed by atoms with Crippen LogP contribution in [0.15, 0.2) is 0 Å². The molecule has 0 aromatic heterocycles. The summed E-state index contributed by atoms with van der Waals surface area (Å²) in [6.07, 6.45) is 16.1. The van der Waals surface area contributed by atoms with E-state index in [1.54, 1.807) is 6.92 Å². The number of amides is 5. The molecule has 0 radical (unpaired) electrons. The Balaban J connectivity index is 0.000000166. The van der Waals surface area contributed by atoms with E-state index in [-0.39, 0.29) is 23.7 Å². The summed E-state index contributed by atoms with van der Waals surface area (Å²) in [6, 6.07) is 2.87. The van der Waals surface area contributed by atoms with E-state index in [2.05, 4.69) is 54.1 Å². The highest BCUT2D eigenvalue weighted by Crippen LogP contribution is 2.37. The molecule has 0 aromatic carbocycles. The van der Waals surface area contributed by atoms with Crippen molar-refractivity contribution in [3.8, 4) is 0 Å². The summed E-state index contributed by atoms with van der Waals surface area (Å²) in [6.45, 7) is 17.1. The van der Waals surface area contributed by atoms with E-state index < -0.39 is 5.43 Å². The van der Waals surface area contributed by atoms with Gasteiger partial charge >= 0.3 is 23.6 Å². The van der Waals surface area contributed by atoms with E-state index in [4.69, 9.17) is 16.3 Å². The largest absolute Gasteiger partial charge is 0.454 e. The van der Waals surface area contributed by atoms with Crippen molar-refractivity contribution in [3.63, 3.8) is 0 Å². The van der Waals surface area contributed by atoms with E-state index in [1.165, 1.54) is 44.9 Å². The molecule has 0 aromatic rings. The molecule has 6 saturated heterocycles. The highest BCUT2D eigenvalue weighted by atomic mass is 35.5. The van der Waals surface area contributed by atoms with Crippen LogP contribution in [-0.4, -0.2) is 161 Å². The average molecular weight is 793 g/mol. The lowest BCUT2D eigenvalue weighted by atomic mass is 9.88. The molecule has 0 bridgehead atoms. The molecule has 3 N–H and O–H groups in total. The zero-order chi connectivity index (χ0) is 39.2. The lowest BCUT2D eigenvalue weighted by Crippen LogP contribution is -2.56. The Labute approximate surface area is 334 Å². The zero-order valence-corrected chi connectivity index (χ0v) is 34.8. The molecule has 8 aliphatic rings. The third-order valence-corrected chi connectivity index (χ3v) is 14.2. The molecule has 312 valence electrons. The summed E-state index contributed by atoms with van der Waals surface area (Å²) in [7, 11) is 0. The molecule has 55 heavy (non-hydrogen) atoms. The number of hydrogen-bond donors (Lipinski definition) is 3. The molecule has 0 spiro atoms. The number of halogens is 1. The molecule has 6 heterocycles. The fraction of sp³-hybridized carbons (Fsp3) is 0.900. The van der Waals surface area contributed by atoms with Gasteiger partial charge < -0.3 is 40.1 Å². The molecule has 2 unspecified atom stereocenters. The van der Waals surface area contributed by atoms with Crippen molar-refractivity contribution in [1.29, 1.82) is 0 Å². The number of urea groups is 2. The van der Waals surface area contributed by atoms with Gasteiger partial charge in [0.2, 0.25) is 0 Å². The Bertz CT molecular complexity index is 1320. The number of piperidine rings is 2. The molecule has 2 aliphatic carbocycles. The summed E-state index contributed by atoms with van der Waals surface area (Å²) in [5, 5.41) is 9.97. The average Bonchev–Trinajstić information content (AvgIpc) is 3.96. The molecule has 2 saturated carbocycles. The number of fused-ring (bicyclic) bond motifs is 2. The van der Waals surface area contributed by atoms with Gasteiger partial charge in [-0.2, -0.15) is 0 Å². The number of nitrogens with zero attached hydrogens (tertiary/aromatic N) is 5. The van der Waals surface area contributed by atoms with Gasteiger partial charge in [0.25, 0.3) is 0 Å². The topological polar surface area (TPSA) is 139 Å². The molecule has 6 aliphatic heterocycles. The van der Waals surface area contributed by atoms with Gasteiger partial charge in [0, 0.05) is 80.6 Å². The Morgan fingerprint density at radius 3 is 1.62 bits per heavy atom. The fourth-order valence-corrected chi connectivity index (χ4v) is 11.1. The third kappa shape index (κ3) is 9.77. The van der Waals surface area contributed by atoms with Crippen molar-refractivity contribution < 1.29 is 28.7 Å². The molecule has 8 rings (SSSR count). The predicted molar refractivity (Wildman–Crippen MR) is 212 cm³/mol. The monoisotopic (exact) mass is 793 g/mol. The Hall–Kier alpha value is -2.55. The van der Waals surface area contributed by atoms with Crippen LogP contribution in [0.1, 0.15) is 118 Å². The molecule has 14 nitrogen and oxygen atoms in total. The summed E-state index contributed by atoms with van der Waals surface area (Å²) in [5.74, 6) is 0. The maximum absolute atomic E-state index is 12.6. The molecular formula is C40H69ClN8O6. The van der Waals surface area contributed by atoms with E-state index in [9.17, 15) is 19.2 Å². The van der Waals surface area contributed by atoms with Crippen molar-refractivity contribution in [2.45, 2.75) is 165 Å². The van der Waals surface area contributed by atoms with Crippen molar-refractivity contribution >= 4 is 35.2 Å². The number of ether oxygens (including phenoxy) is 2. The van der Waals surface area contributed by atoms with Gasteiger partial charge in [-0.1, -0.05) is 25.7 Å². The van der Waals surface area contributed by atoms with Crippen molar-refractivity contribution in [3.05, 3.63) is 0 Å². The second-order valence-corrected chi connectivity index (χ2v) is 17.8. The van der Waals surface area contributed by atoms with Crippen LogP contribution in [0.2, 0.25) is 0 Å². The van der Waals surface area contributed by atoms with Crippen LogP contribution < -0.4 is 16.0 Å². The highest BCUT2D eigenvalue weighted by Gasteiger charge is 2.48. The van der Waals surface area contributed by atoms with Gasteiger partial charge in [-0.3, -0.25) is 9.80 Å². The van der Waals surface area contributed by atoms with Crippen LogP contribution >= 0.6 is 11.6 Å². The number of rotatable bonds is 6. The normalized spacial score (nSPS) is 34.5. The van der Waals surface area contributed by atoms with Crippen LogP contribution in [0, 0.1) is 0 Å². The van der Waals surface area contributed by atoms with E-state index in [1.807, 2.05) is 11.8 Å². The van der Waals surface area contributed by atoms with E-state index in [0.29, 0.717) is 55.0 Å². The van der Waals surface area contributed by atoms with Gasteiger partial charge in [-0.15, -0.1) is 0 Å². The van der Waals surface area contributed by atoms with Gasteiger partial charge in [0.15, 0.2) is 0 Å². The molecule has 8 fully saturated rings. The van der Waals surface area contributed by atoms with Crippen LogP contribution in [-0.2, 0) is 9.47 Å². The number of nitrogens with one attached hydrogen (secondary N) is 3. The van der Waals surface area contributed by atoms with Gasteiger partial charge in [-0.25, -0.2) is 19.2 Å². The minimum absolute atomic E-state index is 0.0262. The van der Waals surface area contributed by atoms with Crippen molar-refractivity contribution in [2.24, 2.45) is 0 Å². The Kier molecular flexibility index (Phi) is 14.4. The molecule has 15 heteroatoms. The van der Waals surface area contributed by atoms with Gasteiger partial charge in [-0.05, 0) is 98.4 Å². The first-order valence-electron chi connectivity index (χ1n) is 21.6. The van der Waals surface area contributed by atoms with E-state index in [0.717, 1.165) is 97.3 Å². The number of likely N-dealkylation sites (tertiary alicyclic amines) is 3. The third-order valence-electron chi connectivity index (χ3n) is 14.1. The first-order chi connectivity index (χ1) is 26.5. The van der Waals surface area contributed by atoms with Crippen molar-refractivity contribution in [2.75, 3.05) is 65.6 Å². The van der Waals surface area contributed by atoms with Gasteiger partial charge in [0.1, 0.15) is 0 Å². The Morgan fingerprint density at radius 1 is 0.691 bits per heavy atom. The molecule has 6 atom stereocenters. The Morgan fingerprint density at radius 2 is 1.18 bits per heavy atom. The standard InChI is InChI=1S/C20H34N4O3.C17H30N4O.C3H5ClO2/c1-3-27-19(26)22-13-10-20(2,14-22)23-11-8-15(9-12-23)24-17-7-5-4-6-16(17)21-18(24)25;1-17(8-9-18-12-17)20-10-6-13(7-11-20)21-15-5-3-2-4-14(15)19-16(21)22;1-2-6-3(4)5/h15-17H,3-14H2,1-2H3,(H,21,25);13-15,18H,2-12H2,1H3,(H,19,22);2H2,1H3/t16-,17-,20?;14-,15-,17?;/m11./s1. The number of hydrogen-bond acceptors (Lipinski definition) is 9. The summed E-state index contributed by atoms with van der Waals surface area (Å²) >= 11 is 4.72. The first kappa shape index (κ1) is 42.1. The van der Waals surface area contributed by atoms with Gasteiger partial charge in [0.05, 0.1) is 37.4 Å². The van der Waals surface area contributed by atoms with Crippen LogP contribution in [0.5, 0.6) is 0 Å². The van der Waals surface area contributed by atoms with E-state index >= 15 is 0 Å². The van der Waals surface area contributed by atoms with Crippen LogP contribution in [0.4, 0.5) is 19.2 Å². The van der Waals surface area contributed by atoms with Crippen LogP contribution in [0.3, 0.4) is 0 Å². The number of carbonyl (C=O) groups is 4. The minimum Gasteiger partial charge on any atom is -0.454 e. The summed E-state index contributed by atoms with van der Waals surface area (Å²) in [5.41, 5.74) is -0.373. The molecule has 5 amide bonds. The fourth-order valence-electron chi connectivity index (χ4n) is 11.0. The quantitative estimate of drug-likeness (QED) is 0.305. The zero-order valence-electron chi connectivity index (χ0n) is 34.0. The second kappa shape index (κ2) is 18.8. The lowest BCUT2D eigenvalue weighted by Gasteiger charge is -2.45. The highest BCUT2D eigenvalue weighted by molar-refractivity contribution is 6.61. The molecular weight excluding hydrogens is 724 g/mol. The van der Waals surface area contributed by atoms with Crippen molar-refractivity contribution in [1.82, 2.24) is 40.4 Å². The summed E-state index contributed by atoms with van der Waals surface area (Å²) in [4.78, 5) is 58.1. The number of carbonyl (C=O) groups excluding carboxylic acids is 4. The van der Waals surface area contributed by atoms with Crippen LogP contribution in [0.25, 0.3) is 0 Å². The summed E-state index contributed by atoms with van der Waals surface area (Å²) < 4.78 is 9.34. The maximum atomic E-state index is 12.6. The maximum Gasteiger partial charge on any atom is 0.409 e. The second-order valence-electron chi connectivity index (χ2n) is 17.5. The smallest absolute Gasteiger partial charge is 0.409 e. The lowest BCUT2D eigenvalue weighted by molar-refractivity contribution is 0.0426.